The molecule has 1 aliphatic rings. The standard InChI is InChI=1S/C11H9NO2S/c1-7(13)9-10(14)12-11(15-9)8-5-3-2-4-6-8/h2-6,9H,1H3. The molecule has 0 aromatic heterocycles. The number of ketones is 1. The van der Waals surface area contributed by atoms with Crippen molar-refractivity contribution in [3.05, 3.63) is 35.9 Å². The van der Waals surface area contributed by atoms with Gasteiger partial charge in [0.2, 0.25) is 0 Å². The van der Waals surface area contributed by atoms with Gasteiger partial charge in [-0.1, -0.05) is 42.1 Å². The van der Waals surface area contributed by atoms with Crippen molar-refractivity contribution in [2.75, 3.05) is 0 Å². The van der Waals surface area contributed by atoms with E-state index in [1.807, 2.05) is 30.3 Å². The largest absolute Gasteiger partial charge is 0.298 e. The molecule has 1 unspecified atom stereocenters. The second kappa shape index (κ2) is 3.98. The first-order valence-corrected chi connectivity index (χ1v) is 5.41. The third-order valence-electron chi connectivity index (χ3n) is 2.06. The van der Waals surface area contributed by atoms with E-state index in [4.69, 9.17) is 0 Å². The Hall–Kier alpha value is -1.42. The minimum Gasteiger partial charge on any atom is -0.298 e. The summed E-state index contributed by atoms with van der Waals surface area (Å²) in [5.41, 5.74) is 0.889. The summed E-state index contributed by atoms with van der Waals surface area (Å²) in [5.74, 6) is -0.481. The molecule has 1 aromatic rings. The van der Waals surface area contributed by atoms with Crippen molar-refractivity contribution < 1.29 is 9.59 Å². The number of nitrogens with zero attached hydrogens (tertiary/aromatic N) is 1. The summed E-state index contributed by atoms with van der Waals surface area (Å²) in [4.78, 5) is 26.4. The van der Waals surface area contributed by atoms with E-state index < -0.39 is 5.25 Å². The molecule has 2 rings (SSSR count). The smallest absolute Gasteiger partial charge is 0.267 e. The van der Waals surface area contributed by atoms with Gasteiger partial charge in [0.15, 0.2) is 5.78 Å². The zero-order chi connectivity index (χ0) is 10.8. The van der Waals surface area contributed by atoms with Crippen molar-refractivity contribution in [2.45, 2.75) is 12.2 Å². The van der Waals surface area contributed by atoms with Gasteiger partial charge in [-0.15, -0.1) is 0 Å². The molecule has 1 atom stereocenters. The molecule has 1 amide bonds. The summed E-state index contributed by atoms with van der Waals surface area (Å²) in [6, 6.07) is 9.41. The molecule has 0 N–H and O–H groups in total. The third-order valence-corrected chi connectivity index (χ3v) is 3.37. The van der Waals surface area contributed by atoms with E-state index in [1.165, 1.54) is 18.7 Å². The summed E-state index contributed by atoms with van der Waals surface area (Å²) in [7, 11) is 0. The zero-order valence-corrected chi connectivity index (χ0v) is 8.95. The Balaban J connectivity index is 2.25. The number of rotatable bonds is 2. The maximum atomic E-state index is 11.4. The van der Waals surface area contributed by atoms with Crippen molar-refractivity contribution in [1.82, 2.24) is 0 Å². The molecule has 0 aliphatic carbocycles. The fraction of sp³-hybridized carbons (Fsp3) is 0.182. The SMILES string of the molecule is CC(=O)C1SC(c2ccccc2)=NC1=O. The van der Waals surface area contributed by atoms with Crippen molar-refractivity contribution in [3.8, 4) is 0 Å². The average Bonchev–Trinajstić information content (AvgIpc) is 2.62. The number of thioether (sulfide) groups is 1. The molecule has 76 valence electrons. The molecule has 4 heteroatoms. The van der Waals surface area contributed by atoms with Crippen LogP contribution in [0.1, 0.15) is 12.5 Å². The Bertz CT molecular complexity index is 439. The van der Waals surface area contributed by atoms with E-state index in [1.54, 1.807) is 0 Å². The number of hydrogen-bond donors (Lipinski definition) is 0. The molecule has 0 spiro atoms. The Morgan fingerprint density at radius 3 is 2.53 bits per heavy atom. The van der Waals surface area contributed by atoms with E-state index in [0.29, 0.717) is 5.04 Å². The van der Waals surface area contributed by atoms with Gasteiger partial charge in [0.05, 0.1) is 0 Å². The van der Waals surface area contributed by atoms with Crippen molar-refractivity contribution in [2.24, 2.45) is 4.99 Å². The van der Waals surface area contributed by atoms with Gasteiger partial charge >= 0.3 is 0 Å². The minimum atomic E-state index is -0.639. The first-order valence-electron chi connectivity index (χ1n) is 4.53. The maximum Gasteiger partial charge on any atom is 0.267 e. The van der Waals surface area contributed by atoms with Gasteiger partial charge < -0.3 is 0 Å². The minimum absolute atomic E-state index is 0.139. The summed E-state index contributed by atoms with van der Waals surface area (Å²) in [5, 5.41) is 0.000932. The molecule has 0 radical (unpaired) electrons. The number of carbonyl (C=O) groups excluding carboxylic acids is 2. The van der Waals surface area contributed by atoms with Gasteiger partial charge in [-0.05, 0) is 6.92 Å². The maximum absolute atomic E-state index is 11.4. The Morgan fingerprint density at radius 1 is 1.33 bits per heavy atom. The number of aliphatic imine (C=N–C) groups is 1. The predicted octanol–water partition coefficient (Wildman–Crippen LogP) is 1.66. The van der Waals surface area contributed by atoms with Gasteiger partial charge in [0.25, 0.3) is 5.91 Å². The van der Waals surface area contributed by atoms with Gasteiger partial charge in [0.1, 0.15) is 10.3 Å². The van der Waals surface area contributed by atoms with E-state index in [0.717, 1.165) is 5.56 Å². The molecule has 3 nitrogen and oxygen atoms in total. The van der Waals surface area contributed by atoms with Crippen LogP contribution in [-0.4, -0.2) is 22.0 Å². The van der Waals surface area contributed by atoms with Gasteiger partial charge in [-0.3, -0.25) is 9.59 Å². The quantitative estimate of drug-likeness (QED) is 0.711. The molecular formula is C11H9NO2S. The first kappa shape index (κ1) is 10.1. The van der Waals surface area contributed by atoms with Crippen molar-refractivity contribution in [1.29, 1.82) is 0 Å². The highest BCUT2D eigenvalue weighted by atomic mass is 32.2. The fourth-order valence-corrected chi connectivity index (χ4v) is 2.27. The molecule has 1 aromatic carbocycles. The average molecular weight is 219 g/mol. The molecule has 0 saturated carbocycles. The lowest BCUT2D eigenvalue weighted by Crippen LogP contribution is -2.19. The number of amides is 1. The molecule has 1 heterocycles. The van der Waals surface area contributed by atoms with Crippen LogP contribution in [0.3, 0.4) is 0 Å². The van der Waals surface area contributed by atoms with Crippen LogP contribution in [0.4, 0.5) is 0 Å². The molecule has 0 saturated heterocycles. The van der Waals surface area contributed by atoms with Crippen LogP contribution in [0, 0.1) is 0 Å². The van der Waals surface area contributed by atoms with Crippen molar-refractivity contribution in [3.63, 3.8) is 0 Å². The van der Waals surface area contributed by atoms with Crippen LogP contribution in [0.25, 0.3) is 0 Å². The van der Waals surface area contributed by atoms with Crippen LogP contribution >= 0.6 is 11.8 Å². The molecule has 0 fully saturated rings. The van der Waals surface area contributed by atoms with Gasteiger partial charge in [0, 0.05) is 5.56 Å². The predicted molar refractivity (Wildman–Crippen MR) is 60.0 cm³/mol. The highest BCUT2D eigenvalue weighted by Crippen LogP contribution is 2.27. The lowest BCUT2D eigenvalue weighted by Gasteiger charge is -2.01. The van der Waals surface area contributed by atoms with Crippen molar-refractivity contribution >= 4 is 28.5 Å². The van der Waals surface area contributed by atoms with Crippen LogP contribution in [0.2, 0.25) is 0 Å². The fourth-order valence-electron chi connectivity index (χ4n) is 1.32. The molecular weight excluding hydrogens is 210 g/mol. The summed E-state index contributed by atoms with van der Waals surface area (Å²) < 4.78 is 0. The van der Waals surface area contributed by atoms with Gasteiger partial charge in [-0.25, -0.2) is 4.99 Å². The van der Waals surface area contributed by atoms with E-state index in [-0.39, 0.29) is 11.7 Å². The van der Waals surface area contributed by atoms with E-state index in [9.17, 15) is 9.59 Å². The van der Waals surface area contributed by atoms with Crippen LogP contribution in [0.5, 0.6) is 0 Å². The molecule has 0 bridgehead atoms. The number of benzene rings is 1. The third kappa shape index (κ3) is 1.99. The monoisotopic (exact) mass is 219 g/mol. The summed E-state index contributed by atoms with van der Waals surface area (Å²) in [6.07, 6.45) is 0. The van der Waals surface area contributed by atoms with Crippen LogP contribution in [0.15, 0.2) is 35.3 Å². The highest BCUT2D eigenvalue weighted by Gasteiger charge is 2.32. The topological polar surface area (TPSA) is 46.5 Å². The molecule has 1 aliphatic heterocycles. The number of carbonyl (C=O) groups is 2. The summed E-state index contributed by atoms with van der Waals surface area (Å²) in [6.45, 7) is 1.42. The van der Waals surface area contributed by atoms with Crippen LogP contribution in [-0.2, 0) is 9.59 Å². The number of hydrogen-bond acceptors (Lipinski definition) is 3. The van der Waals surface area contributed by atoms with Gasteiger partial charge in [-0.2, -0.15) is 0 Å². The Morgan fingerprint density at radius 2 is 2.00 bits per heavy atom. The second-order valence-electron chi connectivity index (χ2n) is 3.23. The van der Waals surface area contributed by atoms with E-state index in [2.05, 4.69) is 4.99 Å². The number of Topliss-reactive ketones (excluding diaryl/α,β-unsaturated/α-hetero) is 1. The Kier molecular flexibility index (Phi) is 2.68. The lowest BCUT2D eigenvalue weighted by atomic mass is 10.2. The summed E-state index contributed by atoms with van der Waals surface area (Å²) >= 11 is 1.23. The first-order chi connectivity index (χ1) is 7.18. The highest BCUT2D eigenvalue weighted by molar-refractivity contribution is 8.16. The lowest BCUT2D eigenvalue weighted by molar-refractivity contribution is -0.124. The normalized spacial score (nSPS) is 20.2. The second-order valence-corrected chi connectivity index (χ2v) is 4.32. The van der Waals surface area contributed by atoms with E-state index >= 15 is 0 Å². The zero-order valence-electron chi connectivity index (χ0n) is 8.14. The molecule has 15 heavy (non-hydrogen) atoms. The van der Waals surface area contributed by atoms with Crippen LogP contribution < -0.4 is 0 Å². The Labute approximate surface area is 91.6 Å².